The van der Waals surface area contributed by atoms with Crippen molar-refractivity contribution in [1.29, 1.82) is 0 Å². The number of hydrogen-bond acceptors (Lipinski definition) is 5. The smallest absolute Gasteiger partial charge is 0.344 e. The molecule has 152 valence electrons. The van der Waals surface area contributed by atoms with Crippen molar-refractivity contribution < 1.29 is 18.1 Å². The Bertz CT molecular complexity index is 328. The maximum absolute atomic E-state index is 12.8. The van der Waals surface area contributed by atoms with Crippen LogP contribution in [0.3, 0.4) is 0 Å². The van der Waals surface area contributed by atoms with Gasteiger partial charge in [0.15, 0.2) is 0 Å². The molecular formula is C19H42NO4P. The fourth-order valence-corrected chi connectivity index (χ4v) is 3.74. The van der Waals surface area contributed by atoms with Crippen LogP contribution in [0.4, 0.5) is 0 Å². The molecule has 0 aliphatic rings. The van der Waals surface area contributed by atoms with Crippen LogP contribution in [-0.4, -0.2) is 19.8 Å². The van der Waals surface area contributed by atoms with Crippen molar-refractivity contribution >= 4 is 7.82 Å². The fraction of sp³-hybridized carbons (Fsp3) is 0.895. The molecule has 0 aromatic heterocycles. The van der Waals surface area contributed by atoms with Gasteiger partial charge in [0, 0.05) is 0 Å². The van der Waals surface area contributed by atoms with Gasteiger partial charge in [-0.2, -0.15) is 0 Å². The van der Waals surface area contributed by atoms with E-state index in [0.29, 0.717) is 25.0 Å². The second-order valence-electron chi connectivity index (χ2n) is 6.46. The van der Waals surface area contributed by atoms with Crippen LogP contribution in [0.15, 0.2) is 12.7 Å². The van der Waals surface area contributed by atoms with Crippen LogP contribution >= 0.6 is 7.82 Å². The van der Waals surface area contributed by atoms with Crippen molar-refractivity contribution in [3.05, 3.63) is 12.7 Å². The maximum atomic E-state index is 12.8. The first-order chi connectivity index (χ1) is 11.5. The molecule has 6 heteroatoms. The zero-order chi connectivity index (χ0) is 18.3. The summed E-state index contributed by atoms with van der Waals surface area (Å²) in [5.74, 6) is 0.799. The zero-order valence-corrected chi connectivity index (χ0v) is 17.9. The Morgan fingerprint density at radius 2 is 1.32 bits per heavy atom. The summed E-state index contributed by atoms with van der Waals surface area (Å²) in [5.41, 5.74) is 0. The number of rotatable bonds is 17. The van der Waals surface area contributed by atoms with Crippen molar-refractivity contribution in [2.45, 2.75) is 79.1 Å². The molecule has 0 saturated heterocycles. The molecule has 2 atom stereocenters. The van der Waals surface area contributed by atoms with E-state index in [2.05, 4.69) is 34.3 Å². The normalized spacial score (nSPS) is 15.8. The lowest BCUT2D eigenvalue weighted by Gasteiger charge is -2.23. The highest BCUT2D eigenvalue weighted by Gasteiger charge is 2.28. The summed E-state index contributed by atoms with van der Waals surface area (Å²) in [6.45, 7) is 13.3. The Labute approximate surface area is 156 Å². The van der Waals surface area contributed by atoms with Gasteiger partial charge in [-0.1, -0.05) is 72.3 Å². The van der Waals surface area contributed by atoms with Gasteiger partial charge in [-0.25, -0.2) is 4.57 Å². The molecule has 0 aromatic carbocycles. The van der Waals surface area contributed by atoms with E-state index in [1.54, 1.807) is 6.08 Å². The molecule has 25 heavy (non-hydrogen) atoms. The molecule has 0 rings (SSSR count). The monoisotopic (exact) mass is 379 g/mol. The molecule has 0 aliphatic carbocycles. The molecule has 0 amide bonds. The summed E-state index contributed by atoms with van der Waals surface area (Å²) in [5, 5.41) is 0. The number of hydrogen-bond donors (Lipinski definition) is 1. The minimum Gasteiger partial charge on any atom is -0.344 e. The van der Waals surface area contributed by atoms with E-state index >= 15 is 0 Å². The van der Waals surface area contributed by atoms with Gasteiger partial charge in [-0.15, -0.1) is 6.58 Å². The average Bonchev–Trinajstić information content (AvgIpc) is 2.60. The molecule has 0 radical (unpaired) electrons. The number of unbranched alkanes of at least 4 members (excludes halogenated alkanes) is 2. The van der Waals surface area contributed by atoms with Gasteiger partial charge in [0.2, 0.25) is 0 Å². The van der Waals surface area contributed by atoms with Crippen LogP contribution < -0.4 is 6.15 Å². The Balaban J connectivity index is 0. The third-order valence-electron chi connectivity index (χ3n) is 4.37. The lowest BCUT2D eigenvalue weighted by Crippen LogP contribution is -2.13. The molecule has 0 aliphatic heterocycles. The molecule has 0 heterocycles. The van der Waals surface area contributed by atoms with Crippen LogP contribution in [-0.2, 0) is 18.1 Å². The average molecular weight is 380 g/mol. The Hall–Kier alpha value is -0.190. The van der Waals surface area contributed by atoms with Gasteiger partial charge in [0.1, 0.15) is 0 Å². The largest absolute Gasteiger partial charge is 0.475 e. The summed E-state index contributed by atoms with van der Waals surface area (Å²) in [7, 11) is -3.51. The molecule has 0 spiro atoms. The van der Waals surface area contributed by atoms with Gasteiger partial charge >= 0.3 is 7.82 Å². The fourth-order valence-electron chi connectivity index (χ4n) is 2.45. The van der Waals surface area contributed by atoms with E-state index in [0.717, 1.165) is 51.4 Å². The highest BCUT2D eigenvalue weighted by molar-refractivity contribution is 7.48. The predicted octanol–water partition coefficient (Wildman–Crippen LogP) is 6.93. The molecule has 3 N–H and O–H groups in total. The second-order valence-corrected chi connectivity index (χ2v) is 8.13. The van der Waals surface area contributed by atoms with Crippen LogP contribution in [0.5, 0.6) is 0 Å². The van der Waals surface area contributed by atoms with Crippen LogP contribution in [0.25, 0.3) is 0 Å². The Kier molecular flexibility index (Phi) is 18.6. The summed E-state index contributed by atoms with van der Waals surface area (Å²) >= 11 is 0. The van der Waals surface area contributed by atoms with E-state index in [4.69, 9.17) is 13.6 Å². The third kappa shape index (κ3) is 13.6. The van der Waals surface area contributed by atoms with E-state index < -0.39 is 7.82 Å². The first-order valence-electron chi connectivity index (χ1n) is 9.69. The van der Waals surface area contributed by atoms with Crippen LogP contribution in [0, 0.1) is 11.8 Å². The van der Waals surface area contributed by atoms with Gasteiger partial charge in [-0.05, 0) is 24.7 Å². The highest BCUT2D eigenvalue weighted by Crippen LogP contribution is 2.50. The number of phosphoric acid groups is 1. The Morgan fingerprint density at radius 1 is 0.880 bits per heavy atom. The Morgan fingerprint density at radius 3 is 1.64 bits per heavy atom. The highest BCUT2D eigenvalue weighted by atomic mass is 31.2. The first kappa shape index (κ1) is 27.0. The van der Waals surface area contributed by atoms with Crippen molar-refractivity contribution in [3.8, 4) is 0 Å². The lowest BCUT2D eigenvalue weighted by atomic mass is 10.0. The molecule has 5 nitrogen and oxygen atoms in total. The van der Waals surface area contributed by atoms with Crippen molar-refractivity contribution in [1.82, 2.24) is 6.15 Å². The van der Waals surface area contributed by atoms with Crippen LogP contribution in [0.2, 0.25) is 0 Å². The molecule has 0 aromatic rings. The summed E-state index contributed by atoms with van der Waals surface area (Å²) in [6, 6.07) is 0. The molecule has 0 bridgehead atoms. The van der Waals surface area contributed by atoms with Gasteiger partial charge in [0.05, 0.1) is 19.8 Å². The second kappa shape index (κ2) is 17.2. The quantitative estimate of drug-likeness (QED) is 0.219. The van der Waals surface area contributed by atoms with Crippen LogP contribution in [0.1, 0.15) is 79.1 Å². The molecule has 0 fully saturated rings. The zero-order valence-electron chi connectivity index (χ0n) is 17.0. The molecule has 2 unspecified atom stereocenters. The summed E-state index contributed by atoms with van der Waals surface area (Å²) in [4.78, 5) is 0. The van der Waals surface area contributed by atoms with Gasteiger partial charge in [0.25, 0.3) is 0 Å². The summed E-state index contributed by atoms with van der Waals surface area (Å²) in [6.07, 6.45) is 10.4. The first-order valence-corrected chi connectivity index (χ1v) is 11.2. The van der Waals surface area contributed by atoms with Crippen molar-refractivity contribution in [3.63, 3.8) is 0 Å². The van der Waals surface area contributed by atoms with E-state index in [-0.39, 0.29) is 12.8 Å². The topological polar surface area (TPSA) is 79.8 Å². The van der Waals surface area contributed by atoms with E-state index in [1.165, 1.54) is 0 Å². The minimum atomic E-state index is -3.51. The standard InChI is InChI=1S/C19H39O4P.H3N/c1-6-11-13-18(9-4)16-22-24(20,21-15-8-3)23-17-19(10-5)14-12-7-2;/h8,18-19H,3,6-7,9-17H2,1-2,4-5H3;1H3. The van der Waals surface area contributed by atoms with Crippen molar-refractivity contribution in [2.75, 3.05) is 19.8 Å². The molecule has 0 saturated carbocycles. The van der Waals surface area contributed by atoms with Crippen molar-refractivity contribution in [2.24, 2.45) is 11.8 Å². The van der Waals surface area contributed by atoms with E-state index in [9.17, 15) is 4.57 Å². The lowest BCUT2D eigenvalue weighted by molar-refractivity contribution is 0.0904. The SMILES string of the molecule is C=CCOP(=O)(OCC(CC)CCCC)OCC(CC)CCCC.N. The minimum absolute atomic E-state index is 0. The summed E-state index contributed by atoms with van der Waals surface area (Å²) < 4.78 is 29.5. The number of phosphoric ester groups is 1. The molecular weight excluding hydrogens is 337 g/mol. The van der Waals surface area contributed by atoms with Gasteiger partial charge in [-0.3, -0.25) is 13.6 Å². The predicted molar refractivity (Wildman–Crippen MR) is 107 cm³/mol. The van der Waals surface area contributed by atoms with E-state index in [1.807, 2.05) is 0 Å². The maximum Gasteiger partial charge on any atom is 0.475 e. The third-order valence-corrected chi connectivity index (χ3v) is 5.77. The van der Waals surface area contributed by atoms with Gasteiger partial charge < -0.3 is 6.15 Å².